The molecule has 0 aliphatic heterocycles. The first-order chi connectivity index (χ1) is 6.74. The molecule has 1 aromatic carbocycles. The van der Waals surface area contributed by atoms with E-state index in [4.69, 9.17) is 10.6 Å². The van der Waals surface area contributed by atoms with Crippen LogP contribution in [0.3, 0.4) is 0 Å². The zero-order valence-electron chi connectivity index (χ0n) is 7.18. The number of hydrogen-bond acceptors (Lipinski definition) is 3. The van der Waals surface area contributed by atoms with E-state index in [1.54, 1.807) is 0 Å². The Balaban J connectivity index is 2.84. The Morgan fingerprint density at radius 2 is 2.21 bits per heavy atom. The molecule has 5 heteroatoms. The number of benzene rings is 1. The molecule has 1 aromatic rings. The number of phenolic OH excluding ortho intramolecular Hbond substituents is 2. The van der Waals surface area contributed by atoms with Crippen LogP contribution < -0.4 is 0 Å². The molecule has 0 atom stereocenters. The molecule has 0 radical (unpaired) electrons. The number of hydrogen-bond donors (Lipinski definition) is 2. The summed E-state index contributed by atoms with van der Waals surface area (Å²) in [6, 6.07) is 4.09. The predicted octanol–water partition coefficient (Wildman–Crippen LogP) is 1.76. The Kier molecular flexibility index (Phi) is 3.25. The van der Waals surface area contributed by atoms with E-state index in [9.17, 15) is 5.11 Å². The average Bonchev–Trinajstić information content (AvgIpc) is 2.15. The van der Waals surface area contributed by atoms with Gasteiger partial charge in [-0.3, -0.25) is 0 Å². The van der Waals surface area contributed by atoms with Crippen LogP contribution in [0, 0.1) is 11.8 Å². The minimum Gasteiger partial charge on any atom is -0.508 e. The van der Waals surface area contributed by atoms with E-state index < -0.39 is 0 Å². The number of phenols is 2. The second-order valence-corrected chi connectivity index (χ2v) is 2.39. The largest absolute Gasteiger partial charge is 0.508 e. The highest BCUT2D eigenvalue weighted by molar-refractivity contribution is 5.48. The van der Waals surface area contributed by atoms with Crippen LogP contribution in [0.15, 0.2) is 23.3 Å². The minimum atomic E-state index is -0.0987. The van der Waals surface area contributed by atoms with Crippen molar-refractivity contribution in [2.24, 2.45) is 5.11 Å². The number of nitrogens with zero attached hydrogens (tertiary/aromatic N) is 3. The monoisotopic (exact) mass is 189 g/mol. The van der Waals surface area contributed by atoms with Gasteiger partial charge in [0.05, 0.1) is 12.1 Å². The Morgan fingerprint density at radius 1 is 1.43 bits per heavy atom. The first-order valence-electron chi connectivity index (χ1n) is 3.76. The zero-order valence-corrected chi connectivity index (χ0v) is 7.18. The van der Waals surface area contributed by atoms with Crippen molar-refractivity contribution in [1.82, 2.24) is 0 Å². The van der Waals surface area contributed by atoms with Crippen LogP contribution >= 0.6 is 0 Å². The predicted molar refractivity (Wildman–Crippen MR) is 50.7 cm³/mol. The summed E-state index contributed by atoms with van der Waals surface area (Å²) in [4.78, 5) is 2.52. The fraction of sp³-hybridized carbons (Fsp3) is 0.111. The highest BCUT2D eigenvalue weighted by Crippen LogP contribution is 2.21. The minimum absolute atomic E-state index is 0.0249. The van der Waals surface area contributed by atoms with Crippen LogP contribution in [0.2, 0.25) is 0 Å². The first-order valence-corrected chi connectivity index (χ1v) is 3.76. The molecule has 0 saturated heterocycles. The maximum Gasteiger partial charge on any atom is 0.134 e. The highest BCUT2D eigenvalue weighted by atomic mass is 16.3. The van der Waals surface area contributed by atoms with Crippen molar-refractivity contribution in [1.29, 1.82) is 0 Å². The van der Waals surface area contributed by atoms with Gasteiger partial charge in [0.25, 0.3) is 0 Å². The van der Waals surface area contributed by atoms with E-state index >= 15 is 0 Å². The molecule has 0 heterocycles. The van der Waals surface area contributed by atoms with E-state index in [0.29, 0.717) is 5.56 Å². The van der Waals surface area contributed by atoms with Gasteiger partial charge < -0.3 is 10.2 Å². The molecule has 0 spiro atoms. The quantitative estimate of drug-likeness (QED) is 0.305. The molecule has 0 saturated carbocycles. The lowest BCUT2D eigenvalue weighted by Gasteiger charge is -1.96. The standard InChI is InChI=1S/C9H7N3O2/c10-12-11-5-1-2-7-3-4-8(13)6-9(7)14/h3-4,6,13-14H,5H2. The summed E-state index contributed by atoms with van der Waals surface area (Å²) in [5, 5.41) is 21.5. The summed E-state index contributed by atoms with van der Waals surface area (Å²) in [5.74, 6) is 5.03. The molecule has 5 nitrogen and oxygen atoms in total. The maximum absolute atomic E-state index is 9.28. The molecular weight excluding hydrogens is 182 g/mol. The van der Waals surface area contributed by atoms with Crippen LogP contribution in [-0.2, 0) is 0 Å². The Labute approximate surface area is 80.2 Å². The summed E-state index contributed by atoms with van der Waals surface area (Å²) in [6.07, 6.45) is 0. The average molecular weight is 189 g/mol. The number of aromatic hydroxyl groups is 2. The SMILES string of the molecule is [N-]=[N+]=NCC#Cc1ccc(O)cc1O. The molecule has 70 valence electrons. The fourth-order valence-corrected chi connectivity index (χ4v) is 0.827. The van der Waals surface area contributed by atoms with E-state index in [0.717, 1.165) is 0 Å². The second kappa shape index (κ2) is 4.65. The van der Waals surface area contributed by atoms with Crippen molar-refractivity contribution in [3.8, 4) is 23.3 Å². The van der Waals surface area contributed by atoms with Crippen LogP contribution in [0.1, 0.15) is 5.56 Å². The van der Waals surface area contributed by atoms with Gasteiger partial charge in [-0.2, -0.15) is 0 Å². The van der Waals surface area contributed by atoms with Gasteiger partial charge in [0.2, 0.25) is 0 Å². The molecule has 0 amide bonds. The summed E-state index contributed by atoms with van der Waals surface area (Å²) >= 11 is 0. The summed E-state index contributed by atoms with van der Waals surface area (Å²) in [6.45, 7) is 0.0524. The molecule has 0 bridgehead atoms. The van der Waals surface area contributed by atoms with Gasteiger partial charge in [0.1, 0.15) is 11.5 Å². The molecule has 0 unspecified atom stereocenters. The molecule has 0 aromatic heterocycles. The summed E-state index contributed by atoms with van der Waals surface area (Å²) < 4.78 is 0. The van der Waals surface area contributed by atoms with Crippen LogP contribution in [0.25, 0.3) is 10.4 Å². The lowest BCUT2D eigenvalue weighted by Crippen LogP contribution is -1.77. The molecule has 0 fully saturated rings. The highest BCUT2D eigenvalue weighted by Gasteiger charge is 1.97. The van der Waals surface area contributed by atoms with Crippen LogP contribution in [0.4, 0.5) is 0 Å². The molecular formula is C9H7N3O2. The number of rotatable bonds is 1. The van der Waals surface area contributed by atoms with E-state index in [-0.39, 0.29) is 18.0 Å². The van der Waals surface area contributed by atoms with Crippen molar-refractivity contribution >= 4 is 0 Å². The first kappa shape index (κ1) is 9.78. The van der Waals surface area contributed by atoms with Crippen molar-refractivity contribution in [3.63, 3.8) is 0 Å². The number of azide groups is 1. The van der Waals surface area contributed by atoms with E-state index in [1.807, 2.05) is 0 Å². The van der Waals surface area contributed by atoms with Gasteiger partial charge in [-0.1, -0.05) is 17.0 Å². The van der Waals surface area contributed by atoms with Gasteiger partial charge in [-0.25, -0.2) is 0 Å². The Bertz CT molecular complexity index is 439. The van der Waals surface area contributed by atoms with Gasteiger partial charge in [0, 0.05) is 11.0 Å². The van der Waals surface area contributed by atoms with Crippen molar-refractivity contribution in [2.75, 3.05) is 6.54 Å². The van der Waals surface area contributed by atoms with E-state index in [2.05, 4.69) is 21.9 Å². The van der Waals surface area contributed by atoms with E-state index in [1.165, 1.54) is 18.2 Å². The van der Waals surface area contributed by atoms with Crippen molar-refractivity contribution in [3.05, 3.63) is 34.2 Å². The van der Waals surface area contributed by atoms with Crippen LogP contribution in [-0.4, -0.2) is 16.8 Å². The van der Waals surface area contributed by atoms with Gasteiger partial charge in [0.15, 0.2) is 0 Å². The topological polar surface area (TPSA) is 89.2 Å². The van der Waals surface area contributed by atoms with Crippen LogP contribution in [0.5, 0.6) is 11.5 Å². The molecule has 14 heavy (non-hydrogen) atoms. The summed E-state index contributed by atoms with van der Waals surface area (Å²) in [5.41, 5.74) is 8.35. The van der Waals surface area contributed by atoms with Crippen molar-refractivity contribution < 1.29 is 10.2 Å². The third-order valence-corrected chi connectivity index (χ3v) is 1.42. The van der Waals surface area contributed by atoms with Gasteiger partial charge in [-0.15, -0.1) is 0 Å². The fourth-order valence-electron chi connectivity index (χ4n) is 0.827. The molecule has 0 aliphatic rings. The summed E-state index contributed by atoms with van der Waals surface area (Å²) in [7, 11) is 0. The molecule has 2 N–H and O–H groups in total. The van der Waals surface area contributed by atoms with Gasteiger partial charge >= 0.3 is 0 Å². The molecule has 0 aliphatic carbocycles. The maximum atomic E-state index is 9.28. The Hall–Kier alpha value is -2.31. The molecule has 1 rings (SSSR count). The lowest BCUT2D eigenvalue weighted by atomic mass is 10.2. The normalized spacial score (nSPS) is 8.29. The second-order valence-electron chi connectivity index (χ2n) is 2.39. The third kappa shape index (κ3) is 2.63. The zero-order chi connectivity index (χ0) is 10.4. The smallest absolute Gasteiger partial charge is 0.134 e. The third-order valence-electron chi connectivity index (χ3n) is 1.42. The van der Waals surface area contributed by atoms with Crippen molar-refractivity contribution in [2.45, 2.75) is 0 Å². The lowest BCUT2D eigenvalue weighted by molar-refractivity contribution is 0.449. The Morgan fingerprint density at radius 3 is 2.86 bits per heavy atom. The van der Waals surface area contributed by atoms with Gasteiger partial charge in [-0.05, 0) is 17.7 Å².